The molecule has 1 saturated heterocycles. The third-order valence-electron chi connectivity index (χ3n) is 3.77. The van der Waals surface area contributed by atoms with Crippen LogP contribution in [-0.2, 0) is 11.2 Å². The molecule has 1 amide bonds. The summed E-state index contributed by atoms with van der Waals surface area (Å²) in [6.07, 6.45) is 1.66. The van der Waals surface area contributed by atoms with Gasteiger partial charge in [0, 0.05) is 11.4 Å². The number of aliphatic carboxylic acids is 1. The Morgan fingerprint density at radius 2 is 2.21 bits per heavy atom. The van der Waals surface area contributed by atoms with Crippen molar-refractivity contribution in [1.82, 2.24) is 4.90 Å². The monoisotopic (exact) mass is 281 g/mol. The summed E-state index contributed by atoms with van der Waals surface area (Å²) in [4.78, 5) is 27.1. The number of carboxylic acid groups (broad SMARTS) is 1. The highest BCUT2D eigenvalue weighted by Crippen LogP contribution is 2.29. The van der Waals surface area contributed by atoms with Gasteiger partial charge in [-0.15, -0.1) is 11.3 Å². The number of aryl methyl sites for hydroxylation is 2. The van der Waals surface area contributed by atoms with Crippen LogP contribution in [0.2, 0.25) is 0 Å². The maximum Gasteiger partial charge on any atom is 0.326 e. The van der Waals surface area contributed by atoms with Crippen LogP contribution >= 0.6 is 11.3 Å². The maximum atomic E-state index is 12.5. The van der Waals surface area contributed by atoms with Crippen molar-refractivity contribution < 1.29 is 14.7 Å². The van der Waals surface area contributed by atoms with E-state index in [0.717, 1.165) is 18.4 Å². The first-order valence-electron chi connectivity index (χ1n) is 6.58. The number of rotatable bonds is 3. The second-order valence-electron chi connectivity index (χ2n) is 5.12. The minimum atomic E-state index is -0.901. The highest BCUT2D eigenvalue weighted by Gasteiger charge is 2.40. The highest BCUT2D eigenvalue weighted by atomic mass is 32.1. The molecule has 1 aliphatic heterocycles. The number of thiophene rings is 1. The van der Waals surface area contributed by atoms with Crippen molar-refractivity contribution in [2.45, 2.75) is 39.7 Å². The molecular formula is C14H19NO3S. The van der Waals surface area contributed by atoms with Crippen molar-refractivity contribution in [2.24, 2.45) is 5.92 Å². The standard InChI is InChI=1S/C14H19NO3S/c1-4-10-9(3)7-11(19-10)13(16)15-6-5-8(2)12(15)14(17)18/h7-8,12H,4-6H2,1-3H3,(H,17,18). The third-order valence-corrected chi connectivity index (χ3v) is 5.14. The van der Waals surface area contributed by atoms with Crippen molar-refractivity contribution in [3.63, 3.8) is 0 Å². The van der Waals surface area contributed by atoms with Gasteiger partial charge in [0.1, 0.15) is 6.04 Å². The molecule has 5 heteroatoms. The fraction of sp³-hybridized carbons (Fsp3) is 0.571. The number of likely N-dealkylation sites (tertiary alicyclic amines) is 1. The van der Waals surface area contributed by atoms with Gasteiger partial charge >= 0.3 is 5.97 Å². The molecule has 1 fully saturated rings. The Morgan fingerprint density at radius 3 is 2.74 bits per heavy atom. The third kappa shape index (κ3) is 2.52. The Morgan fingerprint density at radius 1 is 1.53 bits per heavy atom. The van der Waals surface area contributed by atoms with E-state index >= 15 is 0 Å². The molecule has 0 saturated carbocycles. The number of carboxylic acids is 1. The summed E-state index contributed by atoms with van der Waals surface area (Å²) in [6, 6.07) is 1.20. The normalized spacial score (nSPS) is 22.8. The summed E-state index contributed by atoms with van der Waals surface area (Å²) in [5, 5.41) is 9.27. The fourth-order valence-electron chi connectivity index (χ4n) is 2.67. The van der Waals surface area contributed by atoms with E-state index in [4.69, 9.17) is 0 Å². The van der Waals surface area contributed by atoms with Gasteiger partial charge in [0.2, 0.25) is 0 Å². The molecule has 2 heterocycles. The summed E-state index contributed by atoms with van der Waals surface area (Å²) in [5.74, 6) is -1.01. The predicted octanol–water partition coefficient (Wildman–Crippen LogP) is 2.55. The number of hydrogen-bond acceptors (Lipinski definition) is 3. The van der Waals surface area contributed by atoms with Gasteiger partial charge in [-0.1, -0.05) is 13.8 Å². The molecular weight excluding hydrogens is 262 g/mol. The van der Waals surface area contributed by atoms with Crippen LogP contribution in [0, 0.1) is 12.8 Å². The molecule has 4 nitrogen and oxygen atoms in total. The minimum Gasteiger partial charge on any atom is -0.480 e. The molecule has 1 N–H and O–H groups in total. The van der Waals surface area contributed by atoms with Gasteiger partial charge in [0.05, 0.1) is 4.88 Å². The van der Waals surface area contributed by atoms with Gasteiger partial charge in [0.15, 0.2) is 0 Å². The zero-order valence-electron chi connectivity index (χ0n) is 11.5. The molecule has 0 aromatic carbocycles. The maximum absolute atomic E-state index is 12.5. The largest absolute Gasteiger partial charge is 0.480 e. The SMILES string of the molecule is CCc1sc(C(=O)N2CCC(C)C2C(=O)O)cc1C. The number of carbonyl (C=O) groups excluding carboxylic acids is 1. The molecule has 0 aliphatic carbocycles. The van der Waals surface area contributed by atoms with Crippen LogP contribution in [0.1, 0.15) is 40.4 Å². The second-order valence-corrected chi connectivity index (χ2v) is 6.25. The predicted molar refractivity (Wildman–Crippen MR) is 74.7 cm³/mol. The lowest BCUT2D eigenvalue weighted by atomic mass is 10.0. The van der Waals surface area contributed by atoms with E-state index in [1.165, 1.54) is 21.1 Å². The Bertz CT molecular complexity index is 509. The molecule has 104 valence electrons. The van der Waals surface area contributed by atoms with E-state index < -0.39 is 12.0 Å². The van der Waals surface area contributed by atoms with Crippen LogP contribution in [-0.4, -0.2) is 34.5 Å². The van der Waals surface area contributed by atoms with Crippen LogP contribution in [0.4, 0.5) is 0 Å². The molecule has 2 atom stereocenters. The number of carbonyl (C=O) groups is 2. The molecule has 1 aromatic rings. The Kier molecular flexibility index (Phi) is 3.94. The van der Waals surface area contributed by atoms with E-state index in [1.807, 2.05) is 19.9 Å². The van der Waals surface area contributed by atoms with E-state index in [0.29, 0.717) is 11.4 Å². The van der Waals surface area contributed by atoms with E-state index in [2.05, 4.69) is 6.92 Å². The number of nitrogens with zero attached hydrogens (tertiary/aromatic N) is 1. The van der Waals surface area contributed by atoms with Gasteiger partial charge in [-0.2, -0.15) is 0 Å². The Labute approximate surface area is 117 Å². The molecule has 1 aliphatic rings. The number of amides is 1. The lowest BCUT2D eigenvalue weighted by Gasteiger charge is -2.22. The zero-order chi connectivity index (χ0) is 14.2. The van der Waals surface area contributed by atoms with Gasteiger partial charge < -0.3 is 10.0 Å². The first-order valence-corrected chi connectivity index (χ1v) is 7.40. The Balaban J connectivity index is 2.25. The summed E-state index contributed by atoms with van der Waals surface area (Å²) in [7, 11) is 0. The van der Waals surface area contributed by atoms with E-state index in [1.54, 1.807) is 0 Å². The van der Waals surface area contributed by atoms with E-state index in [9.17, 15) is 14.7 Å². The van der Waals surface area contributed by atoms with Crippen LogP contribution in [0.3, 0.4) is 0 Å². The van der Waals surface area contributed by atoms with Crippen LogP contribution < -0.4 is 0 Å². The van der Waals surface area contributed by atoms with Crippen LogP contribution in [0.15, 0.2) is 6.07 Å². The molecule has 0 spiro atoms. The summed E-state index contributed by atoms with van der Waals surface area (Å²) in [6.45, 7) is 6.48. The lowest BCUT2D eigenvalue weighted by molar-refractivity contribution is -0.142. The average Bonchev–Trinajstić information content (AvgIpc) is 2.91. The molecule has 1 aromatic heterocycles. The van der Waals surface area contributed by atoms with Crippen molar-refractivity contribution in [3.8, 4) is 0 Å². The molecule has 2 rings (SSSR count). The minimum absolute atomic E-state index is 0.0214. The average molecular weight is 281 g/mol. The van der Waals surface area contributed by atoms with Gasteiger partial charge in [0.25, 0.3) is 5.91 Å². The quantitative estimate of drug-likeness (QED) is 0.926. The van der Waals surface area contributed by atoms with Crippen molar-refractivity contribution in [3.05, 3.63) is 21.4 Å². The van der Waals surface area contributed by atoms with Gasteiger partial charge in [-0.3, -0.25) is 4.79 Å². The number of hydrogen-bond donors (Lipinski definition) is 1. The van der Waals surface area contributed by atoms with Gasteiger partial charge in [-0.05, 0) is 37.3 Å². The van der Waals surface area contributed by atoms with Crippen molar-refractivity contribution in [2.75, 3.05) is 6.54 Å². The summed E-state index contributed by atoms with van der Waals surface area (Å²) >= 11 is 1.49. The summed E-state index contributed by atoms with van der Waals surface area (Å²) in [5.41, 5.74) is 1.12. The topological polar surface area (TPSA) is 57.6 Å². The van der Waals surface area contributed by atoms with E-state index in [-0.39, 0.29) is 11.8 Å². The Hall–Kier alpha value is -1.36. The lowest BCUT2D eigenvalue weighted by Crippen LogP contribution is -2.42. The molecule has 19 heavy (non-hydrogen) atoms. The fourth-order valence-corrected chi connectivity index (χ4v) is 3.74. The first kappa shape index (κ1) is 14.1. The van der Waals surface area contributed by atoms with Gasteiger partial charge in [-0.25, -0.2) is 4.79 Å². The van der Waals surface area contributed by atoms with Crippen LogP contribution in [0.25, 0.3) is 0 Å². The van der Waals surface area contributed by atoms with Crippen molar-refractivity contribution >= 4 is 23.2 Å². The van der Waals surface area contributed by atoms with Crippen molar-refractivity contribution in [1.29, 1.82) is 0 Å². The molecule has 0 radical (unpaired) electrons. The first-order chi connectivity index (χ1) is 8.95. The molecule has 2 unspecified atom stereocenters. The zero-order valence-corrected chi connectivity index (χ0v) is 12.3. The smallest absolute Gasteiger partial charge is 0.326 e. The second kappa shape index (κ2) is 5.33. The molecule has 0 bridgehead atoms. The van der Waals surface area contributed by atoms with Crippen LogP contribution in [0.5, 0.6) is 0 Å². The summed E-state index contributed by atoms with van der Waals surface area (Å²) < 4.78 is 0. The highest BCUT2D eigenvalue weighted by molar-refractivity contribution is 7.14.